The third kappa shape index (κ3) is 1.57. The Bertz CT molecular complexity index is 290. The second-order valence-corrected chi connectivity index (χ2v) is 3.25. The third-order valence-electron chi connectivity index (χ3n) is 2.36. The number of aryl methyl sites for hydroxylation is 1. The molecule has 1 fully saturated rings. The van der Waals surface area contributed by atoms with Gasteiger partial charge in [-0.3, -0.25) is 0 Å². The summed E-state index contributed by atoms with van der Waals surface area (Å²) < 4.78 is 7.35. The Morgan fingerprint density at radius 2 is 2.38 bits per heavy atom. The zero-order chi connectivity index (χ0) is 9.26. The predicted molar refractivity (Wildman–Crippen MR) is 47.3 cm³/mol. The fourth-order valence-corrected chi connectivity index (χ4v) is 1.46. The van der Waals surface area contributed by atoms with Crippen molar-refractivity contribution in [3.63, 3.8) is 0 Å². The molecular formula is C8H14N4O. The minimum absolute atomic E-state index is 0.194. The van der Waals surface area contributed by atoms with Crippen molar-refractivity contribution in [2.45, 2.75) is 13.0 Å². The lowest BCUT2D eigenvalue weighted by Crippen LogP contribution is -2.36. The first-order valence-corrected chi connectivity index (χ1v) is 4.46. The summed E-state index contributed by atoms with van der Waals surface area (Å²) in [5.41, 5.74) is 0. The van der Waals surface area contributed by atoms with Crippen LogP contribution in [0.25, 0.3) is 0 Å². The molecule has 72 valence electrons. The number of aromatic nitrogens is 3. The zero-order valence-corrected chi connectivity index (χ0v) is 7.95. The molecule has 5 heteroatoms. The first-order valence-electron chi connectivity index (χ1n) is 4.46. The molecule has 0 aromatic carbocycles. The number of ether oxygens (including phenoxy) is 1. The maximum atomic E-state index is 5.36. The predicted octanol–water partition coefficient (Wildman–Crippen LogP) is -0.216. The minimum atomic E-state index is 0.194. The van der Waals surface area contributed by atoms with Crippen LogP contribution in [0.3, 0.4) is 0 Å². The fourth-order valence-electron chi connectivity index (χ4n) is 1.46. The number of nitrogens with zero attached hydrogens (tertiary/aromatic N) is 3. The topological polar surface area (TPSA) is 52.0 Å². The average molecular weight is 182 g/mol. The van der Waals surface area contributed by atoms with E-state index in [2.05, 4.69) is 15.5 Å². The summed E-state index contributed by atoms with van der Waals surface area (Å²) in [6, 6.07) is 0.194. The molecule has 1 N–H and O–H groups in total. The Kier molecular flexibility index (Phi) is 2.28. The van der Waals surface area contributed by atoms with Gasteiger partial charge >= 0.3 is 0 Å². The van der Waals surface area contributed by atoms with Crippen LogP contribution in [0.1, 0.15) is 17.7 Å². The Morgan fingerprint density at radius 1 is 1.54 bits per heavy atom. The van der Waals surface area contributed by atoms with Crippen molar-refractivity contribution in [3.8, 4) is 0 Å². The molecular weight excluding hydrogens is 168 g/mol. The summed E-state index contributed by atoms with van der Waals surface area (Å²) in [5, 5.41) is 11.5. The highest BCUT2D eigenvalue weighted by Gasteiger charge is 2.20. The molecule has 1 aliphatic rings. The monoisotopic (exact) mass is 182 g/mol. The highest BCUT2D eigenvalue weighted by atomic mass is 16.5. The summed E-state index contributed by atoms with van der Waals surface area (Å²) in [4.78, 5) is 0. The second kappa shape index (κ2) is 3.43. The van der Waals surface area contributed by atoms with E-state index in [1.165, 1.54) is 0 Å². The lowest BCUT2D eigenvalue weighted by molar-refractivity contribution is 0.0732. The number of hydrogen-bond acceptors (Lipinski definition) is 4. The van der Waals surface area contributed by atoms with Crippen molar-refractivity contribution >= 4 is 0 Å². The summed E-state index contributed by atoms with van der Waals surface area (Å²) in [7, 11) is 1.97. The molecule has 1 aromatic rings. The molecule has 2 rings (SSSR count). The van der Waals surface area contributed by atoms with E-state index in [0.29, 0.717) is 6.61 Å². The molecule has 13 heavy (non-hydrogen) atoms. The Hall–Kier alpha value is -0.940. The van der Waals surface area contributed by atoms with Crippen LogP contribution in [0.5, 0.6) is 0 Å². The lowest BCUT2D eigenvalue weighted by Gasteiger charge is -2.22. The molecule has 1 aliphatic heterocycles. The number of nitrogens with one attached hydrogen (secondary N) is 1. The van der Waals surface area contributed by atoms with Crippen LogP contribution in [-0.2, 0) is 11.8 Å². The zero-order valence-electron chi connectivity index (χ0n) is 7.95. The largest absolute Gasteiger partial charge is 0.378 e. The smallest absolute Gasteiger partial charge is 0.152 e. The van der Waals surface area contributed by atoms with E-state index < -0.39 is 0 Å². The first kappa shape index (κ1) is 8.65. The van der Waals surface area contributed by atoms with Gasteiger partial charge in [0, 0.05) is 13.6 Å². The van der Waals surface area contributed by atoms with Crippen LogP contribution in [0, 0.1) is 6.92 Å². The molecule has 1 saturated heterocycles. The number of rotatable bonds is 1. The van der Waals surface area contributed by atoms with Crippen molar-refractivity contribution in [1.82, 2.24) is 20.1 Å². The Labute approximate surface area is 77.1 Å². The Morgan fingerprint density at radius 3 is 2.92 bits per heavy atom. The maximum Gasteiger partial charge on any atom is 0.152 e. The van der Waals surface area contributed by atoms with E-state index in [-0.39, 0.29) is 6.04 Å². The average Bonchev–Trinajstić information content (AvgIpc) is 2.49. The van der Waals surface area contributed by atoms with Gasteiger partial charge in [0.1, 0.15) is 5.82 Å². The molecule has 0 spiro atoms. The summed E-state index contributed by atoms with van der Waals surface area (Å²) in [5.74, 6) is 1.89. The second-order valence-electron chi connectivity index (χ2n) is 3.25. The van der Waals surface area contributed by atoms with Crippen molar-refractivity contribution in [1.29, 1.82) is 0 Å². The number of morpholine rings is 1. The van der Waals surface area contributed by atoms with E-state index in [1.54, 1.807) is 0 Å². The van der Waals surface area contributed by atoms with Crippen LogP contribution in [0.2, 0.25) is 0 Å². The van der Waals surface area contributed by atoms with Gasteiger partial charge in [-0.2, -0.15) is 0 Å². The standard InChI is InChI=1S/C8H14N4O/c1-6-10-11-8(12(6)2)7-5-13-4-3-9-7/h7,9H,3-5H2,1-2H3. The first-order chi connectivity index (χ1) is 6.29. The van der Waals surface area contributed by atoms with Gasteiger partial charge in [0.2, 0.25) is 0 Å². The van der Waals surface area contributed by atoms with Crippen molar-refractivity contribution in [2.75, 3.05) is 19.8 Å². The molecule has 1 atom stereocenters. The van der Waals surface area contributed by atoms with E-state index >= 15 is 0 Å². The molecule has 0 aliphatic carbocycles. The maximum absolute atomic E-state index is 5.36. The van der Waals surface area contributed by atoms with Crippen molar-refractivity contribution < 1.29 is 4.74 Å². The van der Waals surface area contributed by atoms with Gasteiger partial charge in [-0.05, 0) is 6.92 Å². The van der Waals surface area contributed by atoms with Gasteiger partial charge in [-0.1, -0.05) is 0 Å². The Balaban J connectivity index is 2.18. The summed E-state index contributed by atoms with van der Waals surface area (Å²) >= 11 is 0. The van der Waals surface area contributed by atoms with Gasteiger partial charge in [0.25, 0.3) is 0 Å². The minimum Gasteiger partial charge on any atom is -0.378 e. The number of hydrogen-bond donors (Lipinski definition) is 1. The van der Waals surface area contributed by atoms with Crippen LogP contribution >= 0.6 is 0 Å². The molecule has 0 amide bonds. The van der Waals surface area contributed by atoms with Gasteiger partial charge < -0.3 is 14.6 Å². The molecule has 5 nitrogen and oxygen atoms in total. The molecule has 2 heterocycles. The molecule has 0 radical (unpaired) electrons. The van der Waals surface area contributed by atoms with Crippen LogP contribution < -0.4 is 5.32 Å². The molecule has 1 aromatic heterocycles. The van der Waals surface area contributed by atoms with Crippen molar-refractivity contribution in [3.05, 3.63) is 11.6 Å². The normalized spacial score (nSPS) is 23.4. The highest BCUT2D eigenvalue weighted by Crippen LogP contribution is 2.12. The van der Waals surface area contributed by atoms with Gasteiger partial charge in [0.15, 0.2) is 5.82 Å². The molecule has 0 saturated carbocycles. The fraction of sp³-hybridized carbons (Fsp3) is 0.750. The van der Waals surface area contributed by atoms with Gasteiger partial charge in [-0.15, -0.1) is 10.2 Å². The van der Waals surface area contributed by atoms with Crippen LogP contribution in [-0.4, -0.2) is 34.5 Å². The van der Waals surface area contributed by atoms with E-state index in [4.69, 9.17) is 4.74 Å². The third-order valence-corrected chi connectivity index (χ3v) is 2.36. The van der Waals surface area contributed by atoms with E-state index in [9.17, 15) is 0 Å². The van der Waals surface area contributed by atoms with Gasteiger partial charge in [-0.25, -0.2) is 0 Å². The quantitative estimate of drug-likeness (QED) is 0.652. The van der Waals surface area contributed by atoms with Crippen LogP contribution in [0.4, 0.5) is 0 Å². The van der Waals surface area contributed by atoms with E-state index in [1.807, 2.05) is 18.5 Å². The molecule has 1 unspecified atom stereocenters. The van der Waals surface area contributed by atoms with E-state index in [0.717, 1.165) is 24.8 Å². The lowest BCUT2D eigenvalue weighted by atomic mass is 10.2. The molecule has 0 bridgehead atoms. The summed E-state index contributed by atoms with van der Waals surface area (Å²) in [6.07, 6.45) is 0. The van der Waals surface area contributed by atoms with Gasteiger partial charge in [0.05, 0.1) is 19.3 Å². The summed E-state index contributed by atoms with van der Waals surface area (Å²) in [6.45, 7) is 4.30. The SMILES string of the molecule is Cc1nnc(C2COCCN2)n1C. The highest BCUT2D eigenvalue weighted by molar-refractivity contribution is 5.00. The van der Waals surface area contributed by atoms with Crippen molar-refractivity contribution in [2.24, 2.45) is 7.05 Å². The van der Waals surface area contributed by atoms with Crippen LogP contribution in [0.15, 0.2) is 0 Å².